The number of nitrogens with zero attached hydrogens (tertiary/aromatic N) is 2. The molecule has 0 aliphatic carbocycles. The number of rotatable bonds is 3. The lowest BCUT2D eigenvalue weighted by atomic mass is 9.86. The van der Waals surface area contributed by atoms with Crippen molar-refractivity contribution in [2.75, 3.05) is 18.5 Å². The van der Waals surface area contributed by atoms with Crippen LogP contribution < -0.4 is 4.90 Å². The van der Waals surface area contributed by atoms with Crippen LogP contribution in [0, 0.1) is 23.7 Å². The number of aryl methyl sites for hydroxylation is 1. The molecule has 0 atom stereocenters. The summed E-state index contributed by atoms with van der Waals surface area (Å²) in [4.78, 5) is 2.17. The first-order valence-corrected chi connectivity index (χ1v) is 6.80. The number of nitriles is 1. The van der Waals surface area contributed by atoms with E-state index in [0.717, 1.165) is 6.54 Å². The first kappa shape index (κ1) is 15.6. The largest absolute Gasteiger partial charge is 0.373 e. The molecule has 104 valence electrons. The normalized spacial score (nSPS) is 12.1. The molecule has 0 fully saturated rings. The second-order valence-electron chi connectivity index (χ2n) is 7.10. The molecule has 0 amide bonds. The molecule has 0 aliphatic rings. The molecular formula is C17H26N2. The fraction of sp³-hybridized carbons (Fsp3) is 0.588. The highest BCUT2D eigenvalue weighted by atomic mass is 15.1. The highest BCUT2D eigenvalue weighted by Gasteiger charge is 2.21. The third-order valence-corrected chi connectivity index (χ3v) is 3.41. The van der Waals surface area contributed by atoms with Crippen molar-refractivity contribution < 1.29 is 0 Å². The first-order valence-electron chi connectivity index (χ1n) is 6.80. The Balaban J connectivity index is 3.01. The molecule has 0 aliphatic heterocycles. The van der Waals surface area contributed by atoms with Crippen molar-refractivity contribution in [3.63, 3.8) is 0 Å². The average molecular weight is 258 g/mol. The number of benzene rings is 1. The molecule has 1 aromatic rings. The zero-order valence-electron chi connectivity index (χ0n) is 13.3. The van der Waals surface area contributed by atoms with Crippen LogP contribution in [-0.2, 0) is 5.41 Å². The van der Waals surface area contributed by atoms with Gasteiger partial charge in [0.05, 0.1) is 11.5 Å². The van der Waals surface area contributed by atoms with Crippen molar-refractivity contribution in [3.8, 4) is 6.07 Å². The minimum atomic E-state index is -0.329. The number of anilines is 1. The summed E-state index contributed by atoms with van der Waals surface area (Å²) < 4.78 is 0. The molecule has 0 unspecified atom stereocenters. The Morgan fingerprint density at radius 1 is 1.16 bits per heavy atom. The molecule has 0 bridgehead atoms. The minimum Gasteiger partial charge on any atom is -0.373 e. The van der Waals surface area contributed by atoms with E-state index in [1.54, 1.807) is 0 Å². The molecular weight excluding hydrogens is 232 g/mol. The third kappa shape index (κ3) is 3.99. The van der Waals surface area contributed by atoms with Crippen LogP contribution in [0.2, 0.25) is 0 Å². The molecule has 19 heavy (non-hydrogen) atoms. The lowest BCUT2D eigenvalue weighted by Crippen LogP contribution is -2.30. The second kappa shape index (κ2) is 5.25. The minimum absolute atomic E-state index is 0.174. The second-order valence-corrected chi connectivity index (χ2v) is 7.10. The van der Waals surface area contributed by atoms with Gasteiger partial charge in [-0.2, -0.15) is 5.26 Å². The van der Waals surface area contributed by atoms with Gasteiger partial charge in [-0.05, 0) is 43.4 Å². The van der Waals surface area contributed by atoms with E-state index in [2.05, 4.69) is 63.9 Å². The van der Waals surface area contributed by atoms with Crippen LogP contribution in [0.5, 0.6) is 0 Å². The van der Waals surface area contributed by atoms with E-state index < -0.39 is 0 Å². The van der Waals surface area contributed by atoms with Gasteiger partial charge in [0.1, 0.15) is 0 Å². The van der Waals surface area contributed by atoms with Crippen molar-refractivity contribution in [1.29, 1.82) is 5.26 Å². The van der Waals surface area contributed by atoms with Crippen molar-refractivity contribution in [1.82, 2.24) is 0 Å². The van der Waals surface area contributed by atoms with Crippen LogP contribution in [-0.4, -0.2) is 13.6 Å². The molecule has 0 saturated carbocycles. The van der Waals surface area contributed by atoms with Crippen LogP contribution in [0.15, 0.2) is 18.2 Å². The van der Waals surface area contributed by atoms with Gasteiger partial charge < -0.3 is 4.90 Å². The Hall–Kier alpha value is -1.49. The maximum Gasteiger partial charge on any atom is 0.0702 e. The lowest BCUT2D eigenvalue weighted by Gasteiger charge is -2.29. The molecule has 0 heterocycles. The molecule has 0 aromatic heterocycles. The van der Waals surface area contributed by atoms with E-state index in [0.29, 0.717) is 0 Å². The highest BCUT2D eigenvalue weighted by molar-refractivity contribution is 5.55. The predicted molar refractivity (Wildman–Crippen MR) is 82.5 cm³/mol. The summed E-state index contributed by atoms with van der Waals surface area (Å²) in [6, 6.07) is 8.97. The average Bonchev–Trinajstić information content (AvgIpc) is 2.26. The SMILES string of the molecule is Cc1cc(C(C)(C)C)ccc1N(C)CC(C)(C)C#N. The molecule has 0 N–H and O–H groups in total. The fourth-order valence-corrected chi connectivity index (χ4v) is 2.26. The Morgan fingerprint density at radius 2 is 1.74 bits per heavy atom. The predicted octanol–water partition coefficient (Wildman–Crippen LogP) is 4.28. The number of hydrogen-bond donors (Lipinski definition) is 0. The Morgan fingerprint density at radius 3 is 2.16 bits per heavy atom. The smallest absolute Gasteiger partial charge is 0.0702 e. The Bertz CT molecular complexity index is 487. The van der Waals surface area contributed by atoms with Gasteiger partial charge in [0.15, 0.2) is 0 Å². The monoisotopic (exact) mass is 258 g/mol. The first-order chi connectivity index (χ1) is 8.57. The molecule has 2 heteroatoms. The number of hydrogen-bond acceptors (Lipinski definition) is 2. The van der Waals surface area contributed by atoms with Gasteiger partial charge in [0.25, 0.3) is 0 Å². The van der Waals surface area contributed by atoms with Crippen molar-refractivity contribution >= 4 is 5.69 Å². The maximum absolute atomic E-state index is 9.13. The van der Waals surface area contributed by atoms with E-state index in [9.17, 15) is 0 Å². The fourth-order valence-electron chi connectivity index (χ4n) is 2.26. The van der Waals surface area contributed by atoms with Gasteiger partial charge in [-0.15, -0.1) is 0 Å². The summed E-state index contributed by atoms with van der Waals surface area (Å²) in [5.41, 5.74) is 3.67. The quantitative estimate of drug-likeness (QED) is 0.809. The van der Waals surface area contributed by atoms with Crippen LogP contribution in [0.3, 0.4) is 0 Å². The zero-order chi connectivity index (χ0) is 14.8. The third-order valence-electron chi connectivity index (χ3n) is 3.41. The molecule has 1 rings (SSSR count). The van der Waals surface area contributed by atoms with E-state index >= 15 is 0 Å². The van der Waals surface area contributed by atoms with Gasteiger partial charge in [-0.25, -0.2) is 0 Å². The topological polar surface area (TPSA) is 27.0 Å². The van der Waals surface area contributed by atoms with Gasteiger partial charge in [-0.1, -0.05) is 32.9 Å². The van der Waals surface area contributed by atoms with Crippen molar-refractivity contribution in [3.05, 3.63) is 29.3 Å². The summed E-state index contributed by atoms with van der Waals surface area (Å²) in [6.45, 7) is 13.5. The van der Waals surface area contributed by atoms with Crippen molar-refractivity contribution in [2.45, 2.75) is 47.0 Å². The maximum atomic E-state index is 9.13. The Labute approximate surface area is 118 Å². The zero-order valence-corrected chi connectivity index (χ0v) is 13.3. The molecule has 0 spiro atoms. The summed E-state index contributed by atoms with van der Waals surface area (Å²) >= 11 is 0. The van der Waals surface area contributed by atoms with Crippen LogP contribution in [0.1, 0.15) is 45.7 Å². The summed E-state index contributed by atoms with van der Waals surface area (Å²) in [6.07, 6.45) is 0. The molecule has 0 radical (unpaired) electrons. The van der Waals surface area contributed by atoms with Crippen LogP contribution in [0.25, 0.3) is 0 Å². The summed E-state index contributed by atoms with van der Waals surface area (Å²) in [5.74, 6) is 0. The van der Waals surface area contributed by atoms with Crippen LogP contribution >= 0.6 is 0 Å². The summed E-state index contributed by atoms with van der Waals surface area (Å²) in [5, 5.41) is 9.13. The van der Waals surface area contributed by atoms with Crippen molar-refractivity contribution in [2.24, 2.45) is 5.41 Å². The van der Waals surface area contributed by atoms with E-state index in [1.807, 2.05) is 13.8 Å². The van der Waals surface area contributed by atoms with Gasteiger partial charge in [-0.3, -0.25) is 0 Å². The standard InChI is InChI=1S/C17H26N2/c1-13-10-14(16(2,3)4)8-9-15(13)19(7)12-17(5,6)11-18/h8-10H,12H2,1-7H3. The Kier molecular flexibility index (Phi) is 4.30. The van der Waals surface area contributed by atoms with E-state index in [1.165, 1.54) is 16.8 Å². The summed E-state index contributed by atoms with van der Waals surface area (Å²) in [7, 11) is 2.05. The van der Waals surface area contributed by atoms with Gasteiger partial charge in [0, 0.05) is 19.3 Å². The molecule has 1 aromatic carbocycles. The highest BCUT2D eigenvalue weighted by Crippen LogP contribution is 2.29. The molecule has 2 nitrogen and oxygen atoms in total. The van der Waals surface area contributed by atoms with Gasteiger partial charge >= 0.3 is 0 Å². The van der Waals surface area contributed by atoms with E-state index in [-0.39, 0.29) is 10.8 Å². The van der Waals surface area contributed by atoms with Crippen LogP contribution in [0.4, 0.5) is 5.69 Å². The van der Waals surface area contributed by atoms with E-state index in [4.69, 9.17) is 5.26 Å². The lowest BCUT2D eigenvalue weighted by molar-refractivity contribution is 0.497. The molecule has 0 saturated heterocycles. The van der Waals surface area contributed by atoms with Gasteiger partial charge in [0.2, 0.25) is 0 Å².